The Labute approximate surface area is 123 Å². The molecular weight excluding hydrogens is 336 g/mol. The fourth-order valence-electron chi connectivity index (χ4n) is 1.44. The maximum atomic E-state index is 12.1. The molecule has 2 heterocycles. The molecule has 2 rings (SSSR count). The molecule has 18 heavy (non-hydrogen) atoms. The highest BCUT2D eigenvalue weighted by Crippen LogP contribution is 2.22. The van der Waals surface area contributed by atoms with Gasteiger partial charge in [-0.2, -0.15) is 0 Å². The van der Waals surface area contributed by atoms with Gasteiger partial charge in [0, 0.05) is 22.6 Å². The topological polar surface area (TPSA) is 33.2 Å². The molecule has 0 N–H and O–H groups in total. The lowest BCUT2D eigenvalue weighted by Gasteiger charge is -2.15. The molecule has 0 aromatic carbocycles. The molecule has 0 saturated heterocycles. The maximum Gasteiger partial charge on any atom is 0.272 e. The van der Waals surface area contributed by atoms with Crippen molar-refractivity contribution in [2.75, 3.05) is 7.05 Å². The third-order valence-electron chi connectivity index (χ3n) is 2.32. The highest BCUT2D eigenvalue weighted by Gasteiger charge is 2.13. The summed E-state index contributed by atoms with van der Waals surface area (Å²) in [6.45, 7) is 0.536. The Kier molecular flexibility index (Phi) is 4.37. The second kappa shape index (κ2) is 5.82. The number of rotatable bonds is 3. The number of hydrogen-bond donors (Lipinski definition) is 0. The standard InChI is InChI=1S/C12H10BrClN2OS/c1-16(7-9-3-5-11(14)18-9)12(17)10-4-2-8(13)6-15-10/h2-6H,7H2,1H3. The summed E-state index contributed by atoms with van der Waals surface area (Å²) in [6.07, 6.45) is 1.61. The van der Waals surface area contributed by atoms with E-state index in [4.69, 9.17) is 11.6 Å². The van der Waals surface area contributed by atoms with E-state index in [2.05, 4.69) is 20.9 Å². The average Bonchev–Trinajstić information content (AvgIpc) is 2.75. The van der Waals surface area contributed by atoms with Gasteiger partial charge >= 0.3 is 0 Å². The molecule has 0 radical (unpaired) electrons. The minimum atomic E-state index is -0.105. The van der Waals surface area contributed by atoms with Crippen LogP contribution >= 0.6 is 38.9 Å². The summed E-state index contributed by atoms with van der Waals surface area (Å²) < 4.78 is 1.58. The second-order valence-corrected chi connectivity index (χ2v) is 6.44. The first kappa shape index (κ1) is 13.5. The molecule has 0 aliphatic heterocycles. The summed E-state index contributed by atoms with van der Waals surface area (Å²) in [5.74, 6) is -0.105. The number of carbonyl (C=O) groups excluding carboxylic acids is 1. The number of amides is 1. The number of nitrogens with zero attached hydrogens (tertiary/aromatic N) is 2. The molecule has 0 atom stereocenters. The molecule has 94 valence electrons. The van der Waals surface area contributed by atoms with E-state index < -0.39 is 0 Å². The average molecular weight is 346 g/mol. The monoisotopic (exact) mass is 344 g/mol. The minimum Gasteiger partial charge on any atom is -0.335 e. The van der Waals surface area contributed by atoms with E-state index in [0.717, 1.165) is 13.7 Å². The SMILES string of the molecule is CN(Cc1ccc(Cl)s1)C(=O)c1ccc(Br)cn1. The molecule has 1 amide bonds. The maximum absolute atomic E-state index is 12.1. The van der Waals surface area contributed by atoms with Crippen LogP contribution in [0.5, 0.6) is 0 Å². The van der Waals surface area contributed by atoms with Crippen LogP contribution in [0.1, 0.15) is 15.4 Å². The smallest absolute Gasteiger partial charge is 0.272 e. The highest BCUT2D eigenvalue weighted by molar-refractivity contribution is 9.10. The van der Waals surface area contributed by atoms with Crippen LogP contribution in [0.4, 0.5) is 0 Å². The van der Waals surface area contributed by atoms with Crippen molar-refractivity contribution in [3.8, 4) is 0 Å². The van der Waals surface area contributed by atoms with Gasteiger partial charge in [-0.1, -0.05) is 11.6 Å². The number of thiophene rings is 1. The van der Waals surface area contributed by atoms with Crippen molar-refractivity contribution in [3.63, 3.8) is 0 Å². The minimum absolute atomic E-state index is 0.105. The van der Waals surface area contributed by atoms with Crippen LogP contribution in [-0.2, 0) is 6.54 Å². The summed E-state index contributed by atoms with van der Waals surface area (Å²) in [5.41, 5.74) is 0.434. The van der Waals surface area contributed by atoms with Gasteiger partial charge in [0.15, 0.2) is 0 Å². The van der Waals surface area contributed by atoms with Gasteiger partial charge in [0.2, 0.25) is 0 Å². The Hall–Kier alpha value is -0.910. The van der Waals surface area contributed by atoms with Gasteiger partial charge in [-0.3, -0.25) is 4.79 Å². The van der Waals surface area contributed by atoms with Crippen molar-refractivity contribution in [3.05, 3.63) is 49.8 Å². The van der Waals surface area contributed by atoms with E-state index in [1.807, 2.05) is 12.1 Å². The molecule has 2 aromatic heterocycles. The van der Waals surface area contributed by atoms with Crippen LogP contribution in [0.25, 0.3) is 0 Å². The van der Waals surface area contributed by atoms with E-state index >= 15 is 0 Å². The first-order valence-electron chi connectivity index (χ1n) is 5.17. The molecule has 0 spiro atoms. The number of hydrogen-bond acceptors (Lipinski definition) is 3. The van der Waals surface area contributed by atoms with Crippen LogP contribution < -0.4 is 0 Å². The summed E-state index contributed by atoms with van der Waals surface area (Å²) in [6, 6.07) is 7.25. The fourth-order valence-corrected chi connectivity index (χ4v) is 2.82. The zero-order chi connectivity index (χ0) is 13.1. The molecular formula is C12H10BrClN2OS. The predicted octanol–water partition coefficient (Wildman–Crippen LogP) is 3.83. The number of aromatic nitrogens is 1. The Morgan fingerprint density at radius 2 is 2.22 bits per heavy atom. The predicted molar refractivity (Wildman–Crippen MR) is 77.1 cm³/mol. The fraction of sp³-hybridized carbons (Fsp3) is 0.167. The highest BCUT2D eigenvalue weighted by atomic mass is 79.9. The van der Waals surface area contributed by atoms with E-state index in [1.165, 1.54) is 11.3 Å². The van der Waals surface area contributed by atoms with Crippen molar-refractivity contribution in [2.45, 2.75) is 6.54 Å². The van der Waals surface area contributed by atoms with Crippen molar-refractivity contribution in [1.29, 1.82) is 0 Å². The lowest BCUT2D eigenvalue weighted by atomic mass is 10.3. The Morgan fingerprint density at radius 3 is 2.78 bits per heavy atom. The number of carbonyl (C=O) groups is 1. The van der Waals surface area contributed by atoms with Crippen molar-refractivity contribution in [1.82, 2.24) is 9.88 Å². The second-order valence-electron chi connectivity index (χ2n) is 3.73. The Morgan fingerprint density at radius 1 is 1.44 bits per heavy atom. The molecule has 0 bridgehead atoms. The van der Waals surface area contributed by atoms with E-state index in [-0.39, 0.29) is 5.91 Å². The molecule has 0 aliphatic carbocycles. The summed E-state index contributed by atoms with van der Waals surface area (Å²) in [7, 11) is 1.75. The largest absolute Gasteiger partial charge is 0.335 e. The summed E-state index contributed by atoms with van der Waals surface area (Å²) >= 11 is 10.6. The van der Waals surface area contributed by atoms with Gasteiger partial charge in [-0.15, -0.1) is 11.3 Å². The van der Waals surface area contributed by atoms with Gasteiger partial charge in [0.1, 0.15) is 5.69 Å². The molecule has 0 aliphatic rings. The first-order chi connectivity index (χ1) is 8.56. The molecule has 0 fully saturated rings. The molecule has 0 saturated carbocycles. The Bertz CT molecular complexity index is 555. The summed E-state index contributed by atoms with van der Waals surface area (Å²) in [5, 5.41) is 0. The first-order valence-corrected chi connectivity index (χ1v) is 7.16. The van der Waals surface area contributed by atoms with E-state index in [0.29, 0.717) is 12.2 Å². The van der Waals surface area contributed by atoms with Crippen molar-refractivity contribution < 1.29 is 4.79 Å². The van der Waals surface area contributed by atoms with Crippen LogP contribution in [0.15, 0.2) is 34.9 Å². The molecule has 2 aromatic rings. The normalized spacial score (nSPS) is 10.4. The lowest BCUT2D eigenvalue weighted by Crippen LogP contribution is -2.26. The zero-order valence-electron chi connectivity index (χ0n) is 9.56. The molecule has 6 heteroatoms. The van der Waals surface area contributed by atoms with E-state index in [9.17, 15) is 4.79 Å². The third-order valence-corrected chi connectivity index (χ3v) is 4.00. The van der Waals surface area contributed by atoms with Crippen molar-refractivity contribution in [2.24, 2.45) is 0 Å². The third kappa shape index (κ3) is 3.31. The number of halogens is 2. The van der Waals surface area contributed by atoms with Gasteiger partial charge < -0.3 is 4.90 Å². The zero-order valence-corrected chi connectivity index (χ0v) is 12.7. The van der Waals surface area contributed by atoms with Gasteiger partial charge in [-0.25, -0.2) is 4.98 Å². The quantitative estimate of drug-likeness (QED) is 0.847. The molecule has 0 unspecified atom stereocenters. The van der Waals surface area contributed by atoms with Gasteiger partial charge in [0.05, 0.1) is 10.9 Å². The number of pyridine rings is 1. The molecule has 3 nitrogen and oxygen atoms in total. The Balaban J connectivity index is 2.07. The van der Waals surface area contributed by atoms with Gasteiger partial charge in [-0.05, 0) is 40.2 Å². The van der Waals surface area contributed by atoms with E-state index in [1.54, 1.807) is 30.3 Å². The van der Waals surface area contributed by atoms with Crippen LogP contribution in [0, 0.1) is 0 Å². The van der Waals surface area contributed by atoms with Crippen LogP contribution in [0.2, 0.25) is 4.34 Å². The van der Waals surface area contributed by atoms with Crippen LogP contribution in [0.3, 0.4) is 0 Å². The summed E-state index contributed by atoms with van der Waals surface area (Å²) in [4.78, 5) is 18.8. The van der Waals surface area contributed by atoms with Crippen LogP contribution in [-0.4, -0.2) is 22.8 Å². The lowest BCUT2D eigenvalue weighted by molar-refractivity contribution is 0.0780. The van der Waals surface area contributed by atoms with Crippen molar-refractivity contribution >= 4 is 44.8 Å². The van der Waals surface area contributed by atoms with Gasteiger partial charge in [0.25, 0.3) is 5.91 Å².